The van der Waals surface area contributed by atoms with Crippen molar-refractivity contribution in [2.75, 3.05) is 0 Å². The second kappa shape index (κ2) is 7.54. The maximum Gasteiger partial charge on any atom is 0.176 e. The zero-order valence-corrected chi connectivity index (χ0v) is 12.7. The minimum atomic E-state index is -0.986. The number of hydrogen-bond donors (Lipinski definition) is 0. The van der Waals surface area contributed by atoms with Crippen LogP contribution in [0.25, 0.3) is 0 Å². The largest absolute Gasteiger partial charge is 0.203 e. The van der Waals surface area contributed by atoms with Crippen LogP contribution in [0.3, 0.4) is 0 Å². The zero-order chi connectivity index (χ0) is 15.2. The van der Waals surface area contributed by atoms with Gasteiger partial charge in [-0.1, -0.05) is 38.7 Å². The van der Waals surface area contributed by atoms with Crippen LogP contribution in [-0.4, -0.2) is 0 Å². The fraction of sp³-hybridized carbons (Fsp3) is 0.611. The van der Waals surface area contributed by atoms with Gasteiger partial charge < -0.3 is 0 Å². The molecule has 0 atom stereocenters. The van der Waals surface area contributed by atoms with Crippen molar-refractivity contribution in [2.24, 2.45) is 5.92 Å². The van der Waals surface area contributed by atoms with E-state index in [0.29, 0.717) is 5.56 Å². The molecule has 0 spiro atoms. The summed E-state index contributed by atoms with van der Waals surface area (Å²) in [5, 5.41) is 8.72. The molecule has 1 aromatic carbocycles. The van der Waals surface area contributed by atoms with Crippen molar-refractivity contribution in [1.82, 2.24) is 0 Å². The number of rotatable bonds is 5. The van der Waals surface area contributed by atoms with Gasteiger partial charge in [-0.25, -0.2) is 8.78 Å². The van der Waals surface area contributed by atoms with Crippen molar-refractivity contribution in [3.63, 3.8) is 0 Å². The molecule has 1 aliphatic rings. The molecule has 1 saturated carbocycles. The molecule has 1 fully saturated rings. The van der Waals surface area contributed by atoms with Crippen molar-refractivity contribution < 1.29 is 8.78 Å². The van der Waals surface area contributed by atoms with Gasteiger partial charge in [-0.3, -0.25) is 0 Å². The van der Waals surface area contributed by atoms with E-state index in [1.54, 1.807) is 12.1 Å². The van der Waals surface area contributed by atoms with E-state index in [1.807, 2.05) is 0 Å². The van der Waals surface area contributed by atoms with Crippen LogP contribution in [0.5, 0.6) is 0 Å². The highest BCUT2D eigenvalue weighted by Crippen LogP contribution is 2.39. The van der Waals surface area contributed by atoms with E-state index in [2.05, 4.69) is 6.92 Å². The molecular formula is C18H23F2N. The van der Waals surface area contributed by atoms with Gasteiger partial charge in [-0.15, -0.1) is 0 Å². The smallest absolute Gasteiger partial charge is 0.176 e. The molecule has 0 aromatic heterocycles. The average molecular weight is 291 g/mol. The molecule has 1 aliphatic carbocycles. The van der Waals surface area contributed by atoms with Crippen LogP contribution >= 0.6 is 0 Å². The van der Waals surface area contributed by atoms with Gasteiger partial charge in [0.25, 0.3) is 0 Å². The molecule has 1 aromatic rings. The van der Waals surface area contributed by atoms with Gasteiger partial charge >= 0.3 is 0 Å². The number of nitrogens with zero attached hydrogens (tertiary/aromatic N) is 1. The van der Waals surface area contributed by atoms with Crippen LogP contribution in [0, 0.1) is 28.9 Å². The number of nitriles is 1. The number of hydrogen-bond acceptors (Lipinski definition) is 1. The summed E-state index contributed by atoms with van der Waals surface area (Å²) in [7, 11) is 0. The molecule has 0 unspecified atom stereocenters. The van der Waals surface area contributed by atoms with Gasteiger partial charge in [0, 0.05) is 0 Å². The van der Waals surface area contributed by atoms with Gasteiger partial charge in [0.05, 0.1) is 5.56 Å². The van der Waals surface area contributed by atoms with E-state index in [1.165, 1.54) is 31.7 Å². The maximum atomic E-state index is 14.1. The predicted octanol–water partition coefficient (Wildman–Crippen LogP) is 5.69. The Labute approximate surface area is 126 Å². The first-order valence-corrected chi connectivity index (χ1v) is 8.05. The molecule has 0 bridgehead atoms. The minimum Gasteiger partial charge on any atom is -0.203 e. The number of benzene rings is 1. The first kappa shape index (κ1) is 15.9. The van der Waals surface area contributed by atoms with Crippen LogP contribution in [0.1, 0.15) is 75.3 Å². The van der Waals surface area contributed by atoms with Gasteiger partial charge in [0.2, 0.25) is 0 Å². The molecule has 0 heterocycles. The highest BCUT2D eigenvalue weighted by Gasteiger charge is 2.26. The van der Waals surface area contributed by atoms with E-state index in [9.17, 15) is 8.78 Å². The number of unbranched alkanes of at least 4 members (excludes halogenated alkanes) is 2. The Bertz CT molecular complexity index is 511. The van der Waals surface area contributed by atoms with Crippen LogP contribution in [0.4, 0.5) is 8.78 Å². The molecule has 1 nitrogen and oxygen atoms in total. The summed E-state index contributed by atoms with van der Waals surface area (Å²) < 4.78 is 27.8. The van der Waals surface area contributed by atoms with E-state index in [0.717, 1.165) is 31.6 Å². The van der Waals surface area contributed by atoms with Crippen LogP contribution in [0.15, 0.2) is 12.1 Å². The molecule has 2 rings (SSSR count). The van der Waals surface area contributed by atoms with Crippen LogP contribution in [-0.2, 0) is 0 Å². The first-order chi connectivity index (χ1) is 10.2. The Hall–Kier alpha value is -1.43. The van der Waals surface area contributed by atoms with Crippen LogP contribution in [0.2, 0.25) is 0 Å². The highest BCUT2D eigenvalue weighted by molar-refractivity contribution is 5.36. The van der Waals surface area contributed by atoms with Crippen molar-refractivity contribution in [1.29, 1.82) is 5.26 Å². The lowest BCUT2D eigenvalue weighted by atomic mass is 9.76. The van der Waals surface area contributed by atoms with Crippen molar-refractivity contribution in [3.05, 3.63) is 34.9 Å². The van der Waals surface area contributed by atoms with Crippen molar-refractivity contribution >= 4 is 0 Å². The van der Waals surface area contributed by atoms with Gasteiger partial charge in [-0.05, 0) is 49.1 Å². The Morgan fingerprint density at radius 1 is 1.10 bits per heavy atom. The second-order valence-electron chi connectivity index (χ2n) is 6.16. The minimum absolute atomic E-state index is 0.106. The zero-order valence-electron chi connectivity index (χ0n) is 12.7. The summed E-state index contributed by atoms with van der Waals surface area (Å²) in [6.07, 6.45) is 9.15. The van der Waals surface area contributed by atoms with Crippen molar-refractivity contribution in [3.8, 4) is 6.07 Å². The lowest BCUT2D eigenvalue weighted by molar-refractivity contribution is 0.298. The average Bonchev–Trinajstić information content (AvgIpc) is 2.51. The third kappa shape index (κ3) is 3.81. The Morgan fingerprint density at radius 3 is 2.43 bits per heavy atom. The van der Waals surface area contributed by atoms with Gasteiger partial charge in [-0.2, -0.15) is 5.26 Å². The SMILES string of the molecule is CCCCC[C@H]1CC[C@H](c2ccc(C#N)c(F)c2F)CC1. The highest BCUT2D eigenvalue weighted by atomic mass is 19.2. The second-order valence-corrected chi connectivity index (χ2v) is 6.16. The first-order valence-electron chi connectivity index (χ1n) is 8.05. The van der Waals surface area contributed by atoms with Crippen molar-refractivity contribution in [2.45, 2.75) is 64.2 Å². The summed E-state index contributed by atoms with van der Waals surface area (Å²) in [5.41, 5.74) is 0.253. The quantitative estimate of drug-likeness (QED) is 0.639. The lowest BCUT2D eigenvalue weighted by Gasteiger charge is -2.29. The van der Waals surface area contributed by atoms with Crippen LogP contribution < -0.4 is 0 Å². The summed E-state index contributed by atoms with van der Waals surface area (Å²) in [6.45, 7) is 2.21. The van der Waals surface area contributed by atoms with E-state index in [4.69, 9.17) is 5.26 Å². The predicted molar refractivity (Wildman–Crippen MR) is 79.9 cm³/mol. The fourth-order valence-corrected chi connectivity index (χ4v) is 3.41. The molecule has 114 valence electrons. The topological polar surface area (TPSA) is 23.8 Å². The molecule has 0 saturated heterocycles. The molecule has 21 heavy (non-hydrogen) atoms. The van der Waals surface area contributed by atoms with Gasteiger partial charge in [0.15, 0.2) is 11.6 Å². The maximum absolute atomic E-state index is 14.1. The normalized spacial score (nSPS) is 22.0. The van der Waals surface area contributed by atoms with E-state index in [-0.39, 0.29) is 11.5 Å². The fourth-order valence-electron chi connectivity index (χ4n) is 3.41. The summed E-state index contributed by atoms with van der Waals surface area (Å²) in [4.78, 5) is 0. The Balaban J connectivity index is 1.97. The summed E-state index contributed by atoms with van der Waals surface area (Å²) in [5.74, 6) is -0.947. The summed E-state index contributed by atoms with van der Waals surface area (Å²) in [6, 6.07) is 4.69. The molecule has 0 N–H and O–H groups in total. The monoisotopic (exact) mass is 291 g/mol. The van der Waals surface area contributed by atoms with E-state index >= 15 is 0 Å². The third-order valence-corrected chi connectivity index (χ3v) is 4.74. The number of halogens is 2. The Morgan fingerprint density at radius 2 is 1.81 bits per heavy atom. The molecule has 0 amide bonds. The molecule has 0 radical (unpaired) electrons. The summed E-state index contributed by atoms with van der Waals surface area (Å²) >= 11 is 0. The standard InChI is InChI=1S/C18H23F2N/c1-2-3-4-5-13-6-8-14(9-7-13)16-11-10-15(12-21)17(19)18(16)20/h10-11,13-14H,2-9H2,1H3/t13-,14-. The molecule has 3 heteroatoms. The van der Waals surface area contributed by atoms with E-state index < -0.39 is 11.6 Å². The third-order valence-electron chi connectivity index (χ3n) is 4.74. The Kier molecular flexibility index (Phi) is 5.73. The lowest BCUT2D eigenvalue weighted by Crippen LogP contribution is -2.15. The molecule has 0 aliphatic heterocycles. The van der Waals surface area contributed by atoms with Gasteiger partial charge in [0.1, 0.15) is 6.07 Å². The molecular weight excluding hydrogens is 268 g/mol.